The molecule has 0 radical (unpaired) electrons. The van der Waals surface area contributed by atoms with Crippen molar-refractivity contribution < 1.29 is 0 Å². The van der Waals surface area contributed by atoms with Gasteiger partial charge in [0.15, 0.2) is 0 Å². The lowest BCUT2D eigenvalue weighted by Crippen LogP contribution is -2.44. The number of rotatable bonds is 4. The largest absolute Gasteiger partial charge is 0.354 e. The minimum Gasteiger partial charge on any atom is -0.354 e. The van der Waals surface area contributed by atoms with E-state index in [1.54, 1.807) is 0 Å². The molecule has 0 unspecified atom stereocenters. The highest BCUT2D eigenvalue weighted by atomic mass is 15.3. The molecule has 0 aliphatic carbocycles. The molecule has 2 heterocycles. The summed E-state index contributed by atoms with van der Waals surface area (Å²) in [6, 6.07) is 10.5. The fourth-order valence-electron chi connectivity index (χ4n) is 2.70. The van der Waals surface area contributed by atoms with Gasteiger partial charge in [-0.2, -0.15) is 4.98 Å². The van der Waals surface area contributed by atoms with Crippen molar-refractivity contribution in [3.8, 4) is 0 Å². The van der Waals surface area contributed by atoms with Crippen molar-refractivity contribution in [2.45, 2.75) is 19.8 Å². The number of likely N-dealkylation sites (N-methyl/N-ethyl adjacent to an activating group) is 1. The maximum Gasteiger partial charge on any atom is 0.229 e. The molecule has 0 bridgehead atoms. The average Bonchev–Trinajstić information content (AvgIpc) is 2.56. The van der Waals surface area contributed by atoms with E-state index in [1.807, 2.05) is 12.3 Å². The van der Waals surface area contributed by atoms with Gasteiger partial charge in [0.05, 0.1) is 0 Å². The van der Waals surface area contributed by atoms with Crippen LogP contribution >= 0.6 is 0 Å². The highest BCUT2D eigenvalue weighted by Crippen LogP contribution is 2.20. The predicted molar refractivity (Wildman–Crippen MR) is 95.6 cm³/mol. The Morgan fingerprint density at radius 2 is 1.70 bits per heavy atom. The molecule has 0 amide bonds. The maximum absolute atomic E-state index is 4.66. The molecule has 5 heteroatoms. The number of benzene rings is 1. The molecule has 1 saturated heterocycles. The van der Waals surface area contributed by atoms with Crippen LogP contribution in [0.4, 0.5) is 17.5 Å². The average molecular weight is 311 g/mol. The molecule has 0 spiro atoms. The first-order valence-electron chi connectivity index (χ1n) is 8.25. The second-order valence-corrected chi connectivity index (χ2v) is 6.43. The van der Waals surface area contributed by atoms with Crippen molar-refractivity contribution in [3.05, 3.63) is 42.1 Å². The van der Waals surface area contributed by atoms with Crippen LogP contribution < -0.4 is 10.2 Å². The Morgan fingerprint density at radius 3 is 2.35 bits per heavy atom. The molecule has 0 atom stereocenters. The lowest BCUT2D eigenvalue weighted by Gasteiger charge is -2.33. The zero-order chi connectivity index (χ0) is 16.2. The van der Waals surface area contributed by atoms with Crippen molar-refractivity contribution in [3.63, 3.8) is 0 Å². The zero-order valence-corrected chi connectivity index (χ0v) is 14.2. The van der Waals surface area contributed by atoms with Crippen LogP contribution in [0.2, 0.25) is 0 Å². The summed E-state index contributed by atoms with van der Waals surface area (Å²) >= 11 is 0. The van der Waals surface area contributed by atoms with Crippen LogP contribution in [0.3, 0.4) is 0 Å². The van der Waals surface area contributed by atoms with Gasteiger partial charge in [0, 0.05) is 38.1 Å². The van der Waals surface area contributed by atoms with Gasteiger partial charge < -0.3 is 15.1 Å². The van der Waals surface area contributed by atoms with Crippen LogP contribution in [-0.4, -0.2) is 48.1 Å². The van der Waals surface area contributed by atoms with Crippen LogP contribution in [0.5, 0.6) is 0 Å². The zero-order valence-electron chi connectivity index (χ0n) is 14.2. The highest BCUT2D eigenvalue weighted by molar-refractivity contribution is 5.55. The SMILES string of the molecule is CC(C)c1ccc(Nc2nccc(N3CCN(C)CC3)n2)cc1. The number of nitrogens with one attached hydrogen (secondary N) is 1. The van der Waals surface area contributed by atoms with E-state index in [0.29, 0.717) is 11.9 Å². The van der Waals surface area contributed by atoms with E-state index in [0.717, 1.165) is 37.7 Å². The number of piperazine rings is 1. The molecule has 1 aliphatic rings. The molecule has 23 heavy (non-hydrogen) atoms. The summed E-state index contributed by atoms with van der Waals surface area (Å²) in [5.74, 6) is 2.19. The number of hydrogen-bond acceptors (Lipinski definition) is 5. The lowest BCUT2D eigenvalue weighted by molar-refractivity contribution is 0.312. The topological polar surface area (TPSA) is 44.3 Å². The summed E-state index contributed by atoms with van der Waals surface area (Å²) in [5, 5.41) is 3.30. The smallest absolute Gasteiger partial charge is 0.229 e. The minimum absolute atomic E-state index is 0.542. The number of nitrogens with zero attached hydrogens (tertiary/aromatic N) is 4. The minimum atomic E-state index is 0.542. The van der Waals surface area contributed by atoms with E-state index in [9.17, 15) is 0 Å². The molecule has 1 fully saturated rings. The van der Waals surface area contributed by atoms with Gasteiger partial charge in [0.25, 0.3) is 0 Å². The summed E-state index contributed by atoms with van der Waals surface area (Å²) in [5.41, 5.74) is 2.35. The molecule has 1 N–H and O–H groups in total. The fraction of sp³-hybridized carbons (Fsp3) is 0.444. The second-order valence-electron chi connectivity index (χ2n) is 6.43. The van der Waals surface area contributed by atoms with Crippen molar-refractivity contribution in [2.24, 2.45) is 0 Å². The van der Waals surface area contributed by atoms with E-state index in [-0.39, 0.29) is 0 Å². The van der Waals surface area contributed by atoms with E-state index < -0.39 is 0 Å². The summed E-state index contributed by atoms with van der Waals surface area (Å²) in [4.78, 5) is 13.7. The molecule has 1 aromatic heterocycles. The van der Waals surface area contributed by atoms with Gasteiger partial charge >= 0.3 is 0 Å². The third-order valence-electron chi connectivity index (χ3n) is 4.30. The second kappa shape index (κ2) is 6.96. The van der Waals surface area contributed by atoms with Gasteiger partial charge in [0.1, 0.15) is 5.82 Å². The Morgan fingerprint density at radius 1 is 1.00 bits per heavy atom. The Balaban J connectivity index is 1.70. The van der Waals surface area contributed by atoms with E-state index in [2.05, 4.69) is 70.2 Å². The van der Waals surface area contributed by atoms with Gasteiger partial charge in [-0.1, -0.05) is 26.0 Å². The fourth-order valence-corrected chi connectivity index (χ4v) is 2.70. The predicted octanol–water partition coefficient (Wildman–Crippen LogP) is 3.10. The summed E-state index contributed by atoms with van der Waals surface area (Å²) < 4.78 is 0. The third-order valence-corrected chi connectivity index (χ3v) is 4.30. The standard InChI is InChI=1S/C18H25N5/c1-14(2)15-4-6-16(7-5-15)20-18-19-9-8-17(21-18)23-12-10-22(3)11-13-23/h4-9,14H,10-13H2,1-3H3,(H,19,20,21). The quantitative estimate of drug-likeness (QED) is 0.940. The van der Waals surface area contributed by atoms with Gasteiger partial charge in [0.2, 0.25) is 5.95 Å². The van der Waals surface area contributed by atoms with Crippen molar-refractivity contribution in [1.29, 1.82) is 0 Å². The molecule has 1 aromatic carbocycles. The Bertz CT molecular complexity index is 630. The highest BCUT2D eigenvalue weighted by Gasteiger charge is 2.15. The van der Waals surface area contributed by atoms with Gasteiger partial charge in [-0.25, -0.2) is 4.98 Å². The van der Waals surface area contributed by atoms with Crippen LogP contribution in [-0.2, 0) is 0 Å². The van der Waals surface area contributed by atoms with E-state index in [4.69, 9.17) is 0 Å². The van der Waals surface area contributed by atoms with E-state index in [1.165, 1.54) is 5.56 Å². The van der Waals surface area contributed by atoms with Gasteiger partial charge in [-0.3, -0.25) is 0 Å². The molecule has 2 aromatic rings. The van der Waals surface area contributed by atoms with Crippen molar-refractivity contribution in [2.75, 3.05) is 43.4 Å². The summed E-state index contributed by atoms with van der Waals surface area (Å²) in [7, 11) is 2.16. The molecular formula is C18H25N5. The monoisotopic (exact) mass is 311 g/mol. The molecular weight excluding hydrogens is 286 g/mol. The van der Waals surface area contributed by atoms with Crippen LogP contribution in [0.1, 0.15) is 25.3 Å². The molecule has 3 rings (SSSR count). The summed E-state index contributed by atoms with van der Waals surface area (Å²) in [6.07, 6.45) is 1.82. The third kappa shape index (κ3) is 3.99. The number of anilines is 3. The van der Waals surface area contributed by atoms with Crippen molar-refractivity contribution in [1.82, 2.24) is 14.9 Å². The normalized spacial score (nSPS) is 15.9. The number of hydrogen-bond donors (Lipinski definition) is 1. The summed E-state index contributed by atoms with van der Waals surface area (Å²) in [6.45, 7) is 8.56. The molecule has 122 valence electrons. The molecule has 1 aliphatic heterocycles. The van der Waals surface area contributed by atoms with Gasteiger partial charge in [-0.15, -0.1) is 0 Å². The van der Waals surface area contributed by atoms with Crippen LogP contribution in [0, 0.1) is 0 Å². The Labute approximate surface area is 138 Å². The number of aromatic nitrogens is 2. The first kappa shape index (κ1) is 15.7. The van der Waals surface area contributed by atoms with Crippen LogP contribution in [0.25, 0.3) is 0 Å². The van der Waals surface area contributed by atoms with Gasteiger partial charge in [-0.05, 0) is 36.7 Å². The first-order chi connectivity index (χ1) is 11.1. The Kier molecular flexibility index (Phi) is 4.76. The van der Waals surface area contributed by atoms with Crippen LogP contribution in [0.15, 0.2) is 36.5 Å². The maximum atomic E-state index is 4.66. The molecule has 0 saturated carbocycles. The Hall–Kier alpha value is -2.14. The first-order valence-corrected chi connectivity index (χ1v) is 8.25. The van der Waals surface area contributed by atoms with Crippen molar-refractivity contribution >= 4 is 17.5 Å². The molecule has 5 nitrogen and oxygen atoms in total. The lowest BCUT2D eigenvalue weighted by atomic mass is 10.0. The van der Waals surface area contributed by atoms with E-state index >= 15 is 0 Å².